The molecule has 0 amide bonds. The van der Waals surface area contributed by atoms with Crippen LogP contribution in [0.3, 0.4) is 0 Å². The van der Waals surface area contributed by atoms with Crippen molar-refractivity contribution in [2.45, 2.75) is 32.2 Å². The van der Waals surface area contributed by atoms with Gasteiger partial charge in [-0.2, -0.15) is 0 Å². The Bertz CT molecular complexity index is 452. The SMILES string of the molecule is CCNC(=NCCC1=CCOCC1)N1CCC(N2CCOCC2)C1.I. The molecule has 25 heavy (non-hydrogen) atoms. The zero-order valence-corrected chi connectivity index (χ0v) is 17.7. The van der Waals surface area contributed by atoms with Crippen LogP contribution >= 0.6 is 24.0 Å². The molecule has 1 atom stereocenters. The summed E-state index contributed by atoms with van der Waals surface area (Å²) in [5, 5.41) is 3.47. The van der Waals surface area contributed by atoms with E-state index in [1.165, 1.54) is 12.0 Å². The van der Waals surface area contributed by atoms with Crippen LogP contribution in [0.15, 0.2) is 16.6 Å². The van der Waals surface area contributed by atoms with Crippen molar-refractivity contribution in [2.24, 2.45) is 4.99 Å². The Morgan fingerprint density at radius 3 is 2.80 bits per heavy atom. The van der Waals surface area contributed by atoms with Crippen molar-refractivity contribution in [1.29, 1.82) is 0 Å². The minimum Gasteiger partial charge on any atom is -0.379 e. The van der Waals surface area contributed by atoms with Crippen molar-refractivity contribution in [1.82, 2.24) is 15.1 Å². The Kier molecular flexibility index (Phi) is 9.51. The average Bonchev–Trinajstić information content (AvgIpc) is 3.13. The first-order valence-electron chi connectivity index (χ1n) is 9.47. The van der Waals surface area contributed by atoms with Crippen molar-refractivity contribution in [3.05, 3.63) is 11.6 Å². The fourth-order valence-electron chi connectivity index (χ4n) is 3.70. The van der Waals surface area contributed by atoms with Crippen molar-refractivity contribution in [3.63, 3.8) is 0 Å². The molecular formula is C18H33IN4O2. The molecule has 0 aromatic heterocycles. The maximum atomic E-state index is 5.48. The van der Waals surface area contributed by atoms with Crippen molar-refractivity contribution < 1.29 is 9.47 Å². The molecule has 0 aromatic carbocycles. The van der Waals surface area contributed by atoms with E-state index in [0.29, 0.717) is 6.04 Å². The summed E-state index contributed by atoms with van der Waals surface area (Å²) in [7, 11) is 0. The van der Waals surface area contributed by atoms with E-state index in [1.807, 2.05) is 0 Å². The maximum Gasteiger partial charge on any atom is 0.193 e. The van der Waals surface area contributed by atoms with E-state index in [1.54, 1.807) is 0 Å². The highest BCUT2D eigenvalue weighted by atomic mass is 127. The molecule has 2 fully saturated rings. The maximum absolute atomic E-state index is 5.48. The molecular weight excluding hydrogens is 431 g/mol. The number of morpholine rings is 1. The van der Waals surface area contributed by atoms with Crippen LogP contribution in [0.25, 0.3) is 0 Å². The molecule has 3 aliphatic heterocycles. The van der Waals surface area contributed by atoms with E-state index in [-0.39, 0.29) is 24.0 Å². The van der Waals surface area contributed by atoms with Crippen LogP contribution in [0.2, 0.25) is 0 Å². The number of likely N-dealkylation sites (tertiary alicyclic amines) is 1. The van der Waals surface area contributed by atoms with Gasteiger partial charge in [-0.15, -0.1) is 24.0 Å². The first-order valence-corrected chi connectivity index (χ1v) is 9.47. The van der Waals surface area contributed by atoms with Gasteiger partial charge in [0.15, 0.2) is 5.96 Å². The third-order valence-electron chi connectivity index (χ3n) is 5.11. The highest BCUT2D eigenvalue weighted by Crippen LogP contribution is 2.17. The summed E-state index contributed by atoms with van der Waals surface area (Å²) < 4.78 is 10.8. The topological polar surface area (TPSA) is 49.3 Å². The van der Waals surface area contributed by atoms with Gasteiger partial charge in [-0.25, -0.2) is 0 Å². The van der Waals surface area contributed by atoms with Gasteiger partial charge < -0.3 is 19.7 Å². The molecule has 0 aromatic rings. The largest absolute Gasteiger partial charge is 0.379 e. The molecule has 3 aliphatic rings. The molecule has 0 radical (unpaired) electrons. The lowest BCUT2D eigenvalue weighted by Crippen LogP contribution is -2.46. The lowest BCUT2D eigenvalue weighted by molar-refractivity contribution is 0.0195. The zero-order chi connectivity index (χ0) is 16.6. The van der Waals surface area contributed by atoms with Gasteiger partial charge in [0.25, 0.3) is 0 Å². The third-order valence-corrected chi connectivity index (χ3v) is 5.11. The van der Waals surface area contributed by atoms with E-state index in [9.17, 15) is 0 Å². The predicted octanol–water partition coefficient (Wildman–Crippen LogP) is 1.71. The minimum atomic E-state index is 0. The molecule has 3 heterocycles. The fourth-order valence-corrected chi connectivity index (χ4v) is 3.70. The first-order chi connectivity index (χ1) is 11.9. The van der Waals surface area contributed by atoms with E-state index in [2.05, 4.69) is 28.1 Å². The van der Waals surface area contributed by atoms with Gasteiger partial charge in [-0.1, -0.05) is 11.6 Å². The zero-order valence-electron chi connectivity index (χ0n) is 15.4. The van der Waals surface area contributed by atoms with Crippen LogP contribution in [0, 0.1) is 0 Å². The predicted molar refractivity (Wildman–Crippen MR) is 112 cm³/mol. The second-order valence-corrected chi connectivity index (χ2v) is 6.71. The third kappa shape index (κ3) is 6.37. The monoisotopic (exact) mass is 464 g/mol. The molecule has 1 unspecified atom stereocenters. The van der Waals surface area contributed by atoms with E-state index in [4.69, 9.17) is 14.5 Å². The van der Waals surface area contributed by atoms with E-state index in [0.717, 1.165) is 84.5 Å². The van der Waals surface area contributed by atoms with Gasteiger partial charge in [0.1, 0.15) is 0 Å². The van der Waals surface area contributed by atoms with E-state index < -0.39 is 0 Å². The Balaban J connectivity index is 0.00000225. The molecule has 3 rings (SSSR count). The molecule has 0 spiro atoms. The average molecular weight is 464 g/mol. The van der Waals surface area contributed by atoms with E-state index >= 15 is 0 Å². The van der Waals surface area contributed by atoms with Gasteiger partial charge in [-0.3, -0.25) is 9.89 Å². The number of guanidine groups is 1. The highest BCUT2D eigenvalue weighted by Gasteiger charge is 2.30. The second kappa shape index (κ2) is 11.4. The summed E-state index contributed by atoms with van der Waals surface area (Å²) in [6.07, 6.45) is 5.57. The van der Waals surface area contributed by atoms with Crippen LogP contribution < -0.4 is 5.32 Å². The summed E-state index contributed by atoms with van der Waals surface area (Å²) in [5.74, 6) is 1.08. The number of ether oxygens (including phenoxy) is 2. The Morgan fingerprint density at radius 1 is 1.24 bits per heavy atom. The number of nitrogens with one attached hydrogen (secondary N) is 1. The van der Waals surface area contributed by atoms with Crippen molar-refractivity contribution in [3.8, 4) is 0 Å². The summed E-state index contributed by atoms with van der Waals surface area (Å²) in [6.45, 7) is 11.7. The van der Waals surface area contributed by atoms with Gasteiger partial charge in [0, 0.05) is 45.3 Å². The normalized spacial score (nSPS) is 25.5. The number of rotatable bonds is 5. The van der Waals surface area contributed by atoms with Crippen LogP contribution in [0.1, 0.15) is 26.2 Å². The van der Waals surface area contributed by atoms with Crippen LogP contribution in [0.4, 0.5) is 0 Å². The lowest BCUT2D eigenvalue weighted by atomic mass is 10.1. The van der Waals surface area contributed by atoms with Gasteiger partial charge >= 0.3 is 0 Å². The smallest absolute Gasteiger partial charge is 0.193 e. The second-order valence-electron chi connectivity index (χ2n) is 6.71. The fraction of sp³-hybridized carbons (Fsp3) is 0.833. The molecule has 6 nitrogen and oxygen atoms in total. The Labute approximate surface area is 169 Å². The summed E-state index contributed by atoms with van der Waals surface area (Å²) in [6, 6.07) is 0.649. The highest BCUT2D eigenvalue weighted by molar-refractivity contribution is 14.0. The number of hydrogen-bond donors (Lipinski definition) is 1. The van der Waals surface area contributed by atoms with Crippen LogP contribution in [-0.2, 0) is 9.47 Å². The number of aliphatic imine (C=N–C) groups is 1. The quantitative estimate of drug-likeness (QED) is 0.291. The summed E-state index contributed by atoms with van der Waals surface area (Å²) >= 11 is 0. The van der Waals surface area contributed by atoms with Crippen LogP contribution in [-0.4, -0.2) is 87.5 Å². The molecule has 0 saturated carbocycles. The summed E-state index contributed by atoms with van der Waals surface area (Å²) in [4.78, 5) is 9.89. The van der Waals surface area contributed by atoms with Crippen molar-refractivity contribution >= 4 is 29.9 Å². The minimum absolute atomic E-state index is 0. The molecule has 7 heteroatoms. The molecule has 144 valence electrons. The number of nitrogens with zero attached hydrogens (tertiary/aromatic N) is 3. The number of hydrogen-bond acceptors (Lipinski definition) is 4. The van der Waals surface area contributed by atoms with Crippen LogP contribution in [0.5, 0.6) is 0 Å². The molecule has 2 saturated heterocycles. The van der Waals surface area contributed by atoms with Gasteiger partial charge in [0.05, 0.1) is 26.4 Å². The van der Waals surface area contributed by atoms with Gasteiger partial charge in [0.2, 0.25) is 0 Å². The van der Waals surface area contributed by atoms with Gasteiger partial charge in [-0.05, 0) is 26.2 Å². The molecule has 0 aliphatic carbocycles. The standard InChI is InChI=1S/C18H32N4O2.HI/c1-2-19-18(20-7-3-16-5-11-23-12-6-16)22-8-4-17(15-22)21-9-13-24-14-10-21;/h5,17H,2-4,6-15H2,1H3,(H,19,20);1H. The lowest BCUT2D eigenvalue weighted by Gasteiger charge is -2.32. The first kappa shape index (κ1) is 20.9. The summed E-state index contributed by atoms with van der Waals surface area (Å²) in [5.41, 5.74) is 1.49. The number of halogens is 1. The molecule has 0 bridgehead atoms. The van der Waals surface area contributed by atoms with Crippen molar-refractivity contribution in [2.75, 3.05) is 65.7 Å². The Morgan fingerprint density at radius 2 is 2.08 bits per heavy atom. The Hall–Kier alpha value is -0.380. The molecule has 1 N–H and O–H groups in total.